The van der Waals surface area contributed by atoms with Gasteiger partial charge in [0.2, 0.25) is 0 Å². The van der Waals surface area contributed by atoms with Gasteiger partial charge in [-0.05, 0) is 47.9 Å². The van der Waals surface area contributed by atoms with E-state index in [0.717, 1.165) is 0 Å². The van der Waals surface area contributed by atoms with E-state index in [1.54, 1.807) is 6.07 Å². The van der Waals surface area contributed by atoms with Crippen LogP contribution in [0.5, 0.6) is 5.75 Å². The first-order valence-electron chi connectivity index (χ1n) is 4.92. The zero-order valence-corrected chi connectivity index (χ0v) is 8.30. The SMILES string of the molecule is CC1(C)CCCc2ccc(O)cc21. The van der Waals surface area contributed by atoms with Crippen LogP contribution in [0.3, 0.4) is 0 Å². The number of phenols is 1. The van der Waals surface area contributed by atoms with Gasteiger partial charge in [-0.15, -0.1) is 0 Å². The van der Waals surface area contributed by atoms with Crippen LogP contribution in [-0.4, -0.2) is 5.11 Å². The Kier molecular flexibility index (Phi) is 1.83. The van der Waals surface area contributed by atoms with Crippen molar-refractivity contribution < 1.29 is 5.11 Å². The molecule has 1 N–H and O–H groups in total. The second kappa shape index (κ2) is 2.76. The number of aromatic hydroxyl groups is 1. The Morgan fingerprint density at radius 2 is 2.08 bits per heavy atom. The van der Waals surface area contributed by atoms with Crippen LogP contribution in [0.2, 0.25) is 0 Å². The Bertz CT molecular complexity index is 326. The summed E-state index contributed by atoms with van der Waals surface area (Å²) in [4.78, 5) is 0. The van der Waals surface area contributed by atoms with Crippen molar-refractivity contribution in [1.82, 2.24) is 0 Å². The highest BCUT2D eigenvalue weighted by Crippen LogP contribution is 2.37. The number of fused-ring (bicyclic) bond motifs is 1. The molecule has 0 saturated heterocycles. The summed E-state index contributed by atoms with van der Waals surface area (Å²) in [7, 11) is 0. The maximum atomic E-state index is 9.42. The van der Waals surface area contributed by atoms with Crippen molar-refractivity contribution >= 4 is 0 Å². The van der Waals surface area contributed by atoms with Crippen molar-refractivity contribution in [1.29, 1.82) is 0 Å². The first kappa shape index (κ1) is 8.61. The van der Waals surface area contributed by atoms with E-state index in [0.29, 0.717) is 5.75 Å². The molecule has 70 valence electrons. The van der Waals surface area contributed by atoms with Gasteiger partial charge in [0.25, 0.3) is 0 Å². The molecule has 0 bridgehead atoms. The smallest absolute Gasteiger partial charge is 0.115 e. The molecule has 0 aliphatic heterocycles. The topological polar surface area (TPSA) is 20.2 Å². The van der Waals surface area contributed by atoms with Crippen LogP contribution < -0.4 is 0 Å². The summed E-state index contributed by atoms with van der Waals surface area (Å²) in [5.41, 5.74) is 2.99. The second-order valence-corrected chi connectivity index (χ2v) is 4.58. The van der Waals surface area contributed by atoms with Gasteiger partial charge in [0.05, 0.1) is 0 Å². The number of hydrogen-bond acceptors (Lipinski definition) is 1. The minimum atomic E-state index is 0.242. The lowest BCUT2D eigenvalue weighted by Gasteiger charge is -2.32. The number of phenolic OH excluding ortho intramolecular Hbond substituents is 1. The average Bonchev–Trinajstić information content (AvgIpc) is 2.06. The summed E-state index contributed by atoms with van der Waals surface area (Å²) >= 11 is 0. The summed E-state index contributed by atoms with van der Waals surface area (Å²) in [6.45, 7) is 4.51. The fourth-order valence-corrected chi connectivity index (χ4v) is 2.27. The molecule has 1 aromatic rings. The van der Waals surface area contributed by atoms with E-state index in [9.17, 15) is 5.11 Å². The lowest BCUT2D eigenvalue weighted by atomic mass is 9.73. The van der Waals surface area contributed by atoms with Gasteiger partial charge in [0.1, 0.15) is 5.75 Å². The molecule has 0 atom stereocenters. The minimum Gasteiger partial charge on any atom is -0.508 e. The Morgan fingerprint density at radius 3 is 2.85 bits per heavy atom. The standard InChI is InChI=1S/C12H16O/c1-12(2)7-3-4-9-5-6-10(13)8-11(9)12/h5-6,8,13H,3-4,7H2,1-2H3. The molecule has 0 amide bonds. The lowest BCUT2D eigenvalue weighted by Crippen LogP contribution is -2.23. The molecule has 0 saturated carbocycles. The highest BCUT2D eigenvalue weighted by molar-refractivity contribution is 5.40. The third-order valence-corrected chi connectivity index (χ3v) is 3.07. The van der Waals surface area contributed by atoms with Gasteiger partial charge in [0, 0.05) is 0 Å². The molecule has 0 unspecified atom stereocenters. The maximum absolute atomic E-state index is 9.42. The van der Waals surface area contributed by atoms with Crippen molar-refractivity contribution in [3.8, 4) is 5.75 Å². The van der Waals surface area contributed by atoms with Gasteiger partial charge in [-0.25, -0.2) is 0 Å². The van der Waals surface area contributed by atoms with E-state index >= 15 is 0 Å². The second-order valence-electron chi connectivity index (χ2n) is 4.58. The largest absolute Gasteiger partial charge is 0.508 e. The summed E-state index contributed by atoms with van der Waals surface area (Å²) in [5, 5.41) is 9.42. The lowest BCUT2D eigenvalue weighted by molar-refractivity contribution is 0.423. The number of aryl methyl sites for hydroxylation is 1. The molecule has 0 heterocycles. The highest BCUT2D eigenvalue weighted by Gasteiger charge is 2.27. The number of rotatable bonds is 0. The van der Waals surface area contributed by atoms with Crippen molar-refractivity contribution in [2.45, 2.75) is 38.5 Å². The predicted octanol–water partition coefficient (Wildman–Crippen LogP) is 3.01. The molecular formula is C12H16O. The number of hydrogen-bond donors (Lipinski definition) is 1. The van der Waals surface area contributed by atoms with E-state index in [4.69, 9.17) is 0 Å². The monoisotopic (exact) mass is 176 g/mol. The van der Waals surface area contributed by atoms with Crippen molar-refractivity contribution in [3.05, 3.63) is 29.3 Å². The third kappa shape index (κ3) is 1.43. The number of benzene rings is 1. The Labute approximate surface area is 79.4 Å². The quantitative estimate of drug-likeness (QED) is 0.644. The third-order valence-electron chi connectivity index (χ3n) is 3.07. The van der Waals surface area contributed by atoms with Gasteiger partial charge in [0.15, 0.2) is 0 Å². The van der Waals surface area contributed by atoms with Crippen LogP contribution in [0.4, 0.5) is 0 Å². The molecule has 0 aromatic heterocycles. The Morgan fingerprint density at radius 1 is 1.31 bits per heavy atom. The van der Waals surface area contributed by atoms with Crippen LogP contribution in [0.1, 0.15) is 37.8 Å². The molecule has 0 fully saturated rings. The van der Waals surface area contributed by atoms with Crippen LogP contribution in [0.15, 0.2) is 18.2 Å². The van der Waals surface area contributed by atoms with Crippen molar-refractivity contribution in [2.75, 3.05) is 0 Å². The van der Waals surface area contributed by atoms with Gasteiger partial charge in [-0.1, -0.05) is 19.9 Å². The van der Waals surface area contributed by atoms with E-state index < -0.39 is 0 Å². The summed E-state index contributed by atoms with van der Waals surface area (Å²) in [5.74, 6) is 0.397. The molecule has 1 aromatic carbocycles. The Balaban J connectivity index is 2.55. The molecule has 1 heteroatoms. The molecular weight excluding hydrogens is 160 g/mol. The maximum Gasteiger partial charge on any atom is 0.115 e. The van der Waals surface area contributed by atoms with Gasteiger partial charge in [-0.3, -0.25) is 0 Å². The molecule has 0 radical (unpaired) electrons. The zero-order chi connectivity index (χ0) is 9.47. The minimum absolute atomic E-state index is 0.242. The molecule has 2 rings (SSSR count). The summed E-state index contributed by atoms with van der Waals surface area (Å²) < 4.78 is 0. The first-order valence-corrected chi connectivity index (χ1v) is 4.92. The van der Waals surface area contributed by atoms with E-state index in [2.05, 4.69) is 19.9 Å². The summed E-state index contributed by atoms with van der Waals surface area (Å²) in [6.07, 6.45) is 3.66. The van der Waals surface area contributed by atoms with Crippen molar-refractivity contribution in [2.24, 2.45) is 0 Å². The van der Waals surface area contributed by atoms with Gasteiger partial charge < -0.3 is 5.11 Å². The first-order chi connectivity index (χ1) is 6.09. The van der Waals surface area contributed by atoms with Gasteiger partial charge in [-0.2, -0.15) is 0 Å². The van der Waals surface area contributed by atoms with Crippen LogP contribution in [0, 0.1) is 0 Å². The fraction of sp³-hybridized carbons (Fsp3) is 0.500. The van der Waals surface area contributed by atoms with Crippen LogP contribution in [-0.2, 0) is 11.8 Å². The van der Waals surface area contributed by atoms with E-state index in [1.807, 2.05) is 6.07 Å². The highest BCUT2D eigenvalue weighted by atomic mass is 16.3. The van der Waals surface area contributed by atoms with Crippen LogP contribution in [0.25, 0.3) is 0 Å². The molecule has 1 nitrogen and oxygen atoms in total. The van der Waals surface area contributed by atoms with Crippen molar-refractivity contribution in [3.63, 3.8) is 0 Å². The normalized spacial score (nSPS) is 19.5. The molecule has 1 aliphatic carbocycles. The predicted molar refractivity (Wildman–Crippen MR) is 54.1 cm³/mol. The van der Waals surface area contributed by atoms with Crippen LogP contribution >= 0.6 is 0 Å². The molecule has 13 heavy (non-hydrogen) atoms. The average molecular weight is 176 g/mol. The van der Waals surface area contributed by atoms with E-state index in [-0.39, 0.29) is 5.41 Å². The summed E-state index contributed by atoms with van der Waals surface area (Å²) in [6, 6.07) is 5.78. The molecule has 0 spiro atoms. The molecule has 1 aliphatic rings. The Hall–Kier alpha value is -0.980. The van der Waals surface area contributed by atoms with E-state index in [1.165, 1.54) is 30.4 Å². The zero-order valence-electron chi connectivity index (χ0n) is 8.30. The fourth-order valence-electron chi connectivity index (χ4n) is 2.27. The van der Waals surface area contributed by atoms with Gasteiger partial charge >= 0.3 is 0 Å².